The number of nitrogens with zero attached hydrogens (tertiary/aromatic N) is 1. The first-order valence-electron chi connectivity index (χ1n) is 5.87. The van der Waals surface area contributed by atoms with E-state index in [0.29, 0.717) is 6.54 Å². The number of carbonyl (C=O) groups is 1. The Morgan fingerprint density at radius 2 is 1.78 bits per heavy atom. The van der Waals surface area contributed by atoms with Crippen LogP contribution in [0.3, 0.4) is 0 Å². The molecule has 0 fully saturated rings. The lowest BCUT2D eigenvalue weighted by molar-refractivity contribution is -0.132. The van der Waals surface area contributed by atoms with Crippen molar-refractivity contribution in [2.45, 2.75) is 26.8 Å². The molecule has 3 nitrogen and oxygen atoms in total. The summed E-state index contributed by atoms with van der Waals surface area (Å²) in [6.45, 7) is 7.01. The fourth-order valence-corrected chi connectivity index (χ4v) is 1.83. The van der Waals surface area contributed by atoms with Crippen LogP contribution < -0.4 is 5.73 Å². The predicted molar refractivity (Wildman–Crippen MR) is 77.7 cm³/mol. The number of nitrogens with two attached hydrogens (primary N) is 1. The highest BCUT2D eigenvalue weighted by Gasteiger charge is 2.23. The van der Waals surface area contributed by atoms with Gasteiger partial charge in [0.15, 0.2) is 0 Å². The summed E-state index contributed by atoms with van der Waals surface area (Å²) in [4.78, 5) is 13.8. The van der Waals surface area contributed by atoms with E-state index < -0.39 is 6.04 Å². The predicted octanol–water partition coefficient (Wildman–Crippen LogP) is 2.61. The number of amides is 1. The van der Waals surface area contributed by atoms with Crippen LogP contribution in [0.5, 0.6) is 0 Å². The van der Waals surface area contributed by atoms with Gasteiger partial charge in [0.2, 0.25) is 5.91 Å². The summed E-state index contributed by atoms with van der Waals surface area (Å²) >= 11 is 0. The van der Waals surface area contributed by atoms with Crippen LogP contribution in [0, 0.1) is 5.41 Å². The minimum Gasteiger partial charge on any atom is -0.344 e. The van der Waals surface area contributed by atoms with Crippen molar-refractivity contribution in [2.75, 3.05) is 13.6 Å². The number of benzene rings is 1. The maximum atomic E-state index is 12.1. The van der Waals surface area contributed by atoms with E-state index in [4.69, 9.17) is 5.73 Å². The molecule has 0 saturated heterocycles. The molecule has 1 unspecified atom stereocenters. The minimum atomic E-state index is -0.566. The smallest absolute Gasteiger partial charge is 0.243 e. The van der Waals surface area contributed by atoms with Gasteiger partial charge in [0, 0.05) is 13.6 Å². The van der Waals surface area contributed by atoms with Crippen molar-refractivity contribution in [3.63, 3.8) is 0 Å². The monoisotopic (exact) mass is 270 g/mol. The third-order valence-electron chi connectivity index (χ3n) is 2.51. The van der Waals surface area contributed by atoms with Crippen LogP contribution in [-0.2, 0) is 4.79 Å². The van der Waals surface area contributed by atoms with Gasteiger partial charge in [0.1, 0.15) is 6.04 Å². The maximum Gasteiger partial charge on any atom is 0.243 e. The number of hydrogen-bond acceptors (Lipinski definition) is 2. The Morgan fingerprint density at radius 3 is 2.22 bits per heavy atom. The molecule has 0 aliphatic rings. The Morgan fingerprint density at radius 1 is 1.28 bits per heavy atom. The number of rotatable bonds is 3. The molecule has 18 heavy (non-hydrogen) atoms. The van der Waals surface area contributed by atoms with Gasteiger partial charge in [-0.3, -0.25) is 4.79 Å². The second-order valence-electron chi connectivity index (χ2n) is 5.64. The topological polar surface area (TPSA) is 46.3 Å². The third kappa shape index (κ3) is 5.07. The van der Waals surface area contributed by atoms with Crippen molar-refractivity contribution in [2.24, 2.45) is 11.1 Å². The highest BCUT2D eigenvalue weighted by atomic mass is 35.5. The Balaban J connectivity index is 0.00000289. The molecule has 2 N–H and O–H groups in total. The fourth-order valence-electron chi connectivity index (χ4n) is 1.83. The van der Waals surface area contributed by atoms with Crippen molar-refractivity contribution >= 4 is 18.3 Å². The zero-order valence-electron chi connectivity index (χ0n) is 11.5. The van der Waals surface area contributed by atoms with Crippen LogP contribution in [0.4, 0.5) is 0 Å². The van der Waals surface area contributed by atoms with Crippen molar-refractivity contribution in [1.82, 2.24) is 4.90 Å². The van der Waals surface area contributed by atoms with E-state index in [2.05, 4.69) is 20.8 Å². The molecule has 0 radical (unpaired) electrons. The van der Waals surface area contributed by atoms with E-state index >= 15 is 0 Å². The van der Waals surface area contributed by atoms with Gasteiger partial charge < -0.3 is 10.6 Å². The second-order valence-corrected chi connectivity index (χ2v) is 5.64. The van der Waals surface area contributed by atoms with E-state index in [1.807, 2.05) is 30.3 Å². The summed E-state index contributed by atoms with van der Waals surface area (Å²) in [6.07, 6.45) is 0. The second kappa shape index (κ2) is 6.76. The number of halogens is 1. The first-order valence-corrected chi connectivity index (χ1v) is 5.87. The van der Waals surface area contributed by atoms with Crippen LogP contribution in [0.15, 0.2) is 30.3 Å². The Bertz CT molecular complexity index is 373. The van der Waals surface area contributed by atoms with E-state index in [1.54, 1.807) is 11.9 Å². The molecule has 1 aromatic rings. The summed E-state index contributed by atoms with van der Waals surface area (Å²) in [6, 6.07) is 8.91. The summed E-state index contributed by atoms with van der Waals surface area (Å²) in [5, 5.41) is 0. The van der Waals surface area contributed by atoms with Crippen molar-refractivity contribution < 1.29 is 4.79 Å². The molecule has 4 heteroatoms. The Kier molecular flexibility index (Phi) is 6.36. The van der Waals surface area contributed by atoms with Gasteiger partial charge in [-0.2, -0.15) is 0 Å². The molecule has 1 aromatic carbocycles. The van der Waals surface area contributed by atoms with Gasteiger partial charge in [-0.1, -0.05) is 51.1 Å². The lowest BCUT2D eigenvalue weighted by Gasteiger charge is -2.28. The molecule has 1 amide bonds. The molecular weight excluding hydrogens is 248 g/mol. The molecule has 0 spiro atoms. The molecule has 0 heterocycles. The molecular formula is C14H23ClN2O. The summed E-state index contributed by atoms with van der Waals surface area (Å²) in [5.74, 6) is -0.0360. The number of carbonyl (C=O) groups excluding carboxylic acids is 1. The van der Waals surface area contributed by atoms with Crippen LogP contribution >= 0.6 is 12.4 Å². The van der Waals surface area contributed by atoms with Crippen molar-refractivity contribution in [1.29, 1.82) is 0 Å². The van der Waals surface area contributed by atoms with Gasteiger partial charge >= 0.3 is 0 Å². The number of hydrogen-bond donors (Lipinski definition) is 1. The first-order chi connectivity index (χ1) is 7.81. The van der Waals surface area contributed by atoms with E-state index in [0.717, 1.165) is 5.56 Å². The van der Waals surface area contributed by atoms with Gasteiger partial charge in [0.25, 0.3) is 0 Å². The van der Waals surface area contributed by atoms with Crippen LogP contribution in [-0.4, -0.2) is 24.4 Å². The molecule has 1 rings (SSSR count). The molecule has 0 aromatic heterocycles. The molecule has 102 valence electrons. The van der Waals surface area contributed by atoms with Gasteiger partial charge in [-0.15, -0.1) is 12.4 Å². The SMILES string of the molecule is CN(CC(C)(C)C)C(=O)C(N)c1ccccc1.Cl. The highest BCUT2D eigenvalue weighted by molar-refractivity contribution is 5.85. The van der Waals surface area contributed by atoms with E-state index in [-0.39, 0.29) is 23.7 Å². The lowest BCUT2D eigenvalue weighted by Crippen LogP contribution is -2.40. The zero-order chi connectivity index (χ0) is 13.1. The van der Waals surface area contributed by atoms with Gasteiger partial charge in [-0.25, -0.2) is 0 Å². The molecule has 0 bridgehead atoms. The average molecular weight is 271 g/mol. The summed E-state index contributed by atoms with van der Waals surface area (Å²) in [5.41, 5.74) is 6.91. The quantitative estimate of drug-likeness (QED) is 0.918. The van der Waals surface area contributed by atoms with Crippen molar-refractivity contribution in [3.05, 3.63) is 35.9 Å². The molecule has 0 aliphatic carbocycles. The average Bonchev–Trinajstić information content (AvgIpc) is 2.26. The molecule has 0 saturated carbocycles. The largest absolute Gasteiger partial charge is 0.344 e. The van der Waals surface area contributed by atoms with Crippen LogP contribution in [0.2, 0.25) is 0 Å². The molecule has 1 atom stereocenters. The molecule has 0 aliphatic heterocycles. The zero-order valence-corrected chi connectivity index (χ0v) is 12.3. The number of likely N-dealkylation sites (N-methyl/N-ethyl adjacent to an activating group) is 1. The fraction of sp³-hybridized carbons (Fsp3) is 0.500. The van der Waals surface area contributed by atoms with Crippen molar-refractivity contribution in [3.8, 4) is 0 Å². The standard InChI is InChI=1S/C14H22N2O.ClH/c1-14(2,3)10-16(4)13(17)12(15)11-8-6-5-7-9-11;/h5-9,12H,10,15H2,1-4H3;1H. The highest BCUT2D eigenvalue weighted by Crippen LogP contribution is 2.17. The Hall–Kier alpha value is -1.06. The third-order valence-corrected chi connectivity index (χ3v) is 2.51. The summed E-state index contributed by atoms with van der Waals surface area (Å²) < 4.78 is 0. The van der Waals surface area contributed by atoms with Crippen LogP contribution in [0.25, 0.3) is 0 Å². The Labute approximate surface area is 116 Å². The first kappa shape index (κ1) is 16.9. The minimum absolute atomic E-state index is 0. The van der Waals surface area contributed by atoms with Crippen LogP contribution in [0.1, 0.15) is 32.4 Å². The van der Waals surface area contributed by atoms with E-state index in [1.165, 1.54) is 0 Å². The lowest BCUT2D eigenvalue weighted by atomic mass is 9.95. The van der Waals surface area contributed by atoms with Gasteiger partial charge in [0.05, 0.1) is 0 Å². The normalized spacial score (nSPS) is 12.5. The van der Waals surface area contributed by atoms with Gasteiger partial charge in [-0.05, 0) is 11.0 Å². The van der Waals surface area contributed by atoms with E-state index in [9.17, 15) is 4.79 Å². The maximum absolute atomic E-state index is 12.1. The summed E-state index contributed by atoms with van der Waals surface area (Å²) in [7, 11) is 1.80.